The van der Waals surface area contributed by atoms with Gasteiger partial charge in [-0.1, -0.05) is 37.3 Å². The highest BCUT2D eigenvalue weighted by molar-refractivity contribution is 5.76. The summed E-state index contributed by atoms with van der Waals surface area (Å²) in [6.07, 6.45) is 1.01. The van der Waals surface area contributed by atoms with Crippen molar-refractivity contribution in [3.63, 3.8) is 0 Å². The molecule has 0 spiro atoms. The quantitative estimate of drug-likeness (QED) is 0.779. The Morgan fingerprint density at radius 3 is 2.53 bits per heavy atom. The summed E-state index contributed by atoms with van der Waals surface area (Å²) < 4.78 is 0. The van der Waals surface area contributed by atoms with Gasteiger partial charge in [0.1, 0.15) is 0 Å². The Bertz CT molecular complexity index is 498. The molecular weight excluding hydrogens is 208 g/mol. The fourth-order valence-electron chi connectivity index (χ4n) is 1.95. The molecule has 0 atom stereocenters. The Balaban J connectivity index is 2.38. The molecule has 0 amide bonds. The van der Waals surface area contributed by atoms with E-state index in [4.69, 9.17) is 5.73 Å². The molecule has 3 N–H and O–H groups in total. The molecule has 2 rings (SSSR count). The molecular formula is C15H18N2. The number of nitrogen functional groups attached to an aromatic ring is 1. The van der Waals surface area contributed by atoms with Gasteiger partial charge in [-0.15, -0.1) is 0 Å². The maximum atomic E-state index is 6.00. The number of rotatable bonds is 3. The van der Waals surface area contributed by atoms with E-state index in [1.54, 1.807) is 0 Å². The van der Waals surface area contributed by atoms with Crippen molar-refractivity contribution in [2.24, 2.45) is 0 Å². The molecule has 0 aliphatic rings. The summed E-state index contributed by atoms with van der Waals surface area (Å²) in [5, 5.41) is 3.43. The lowest BCUT2D eigenvalue weighted by Crippen LogP contribution is -2.00. The standard InChI is InChI=1S/C15H18N2/c1-3-12-8-4-5-10-14(12)17-15-11(2)7-6-9-13(15)16/h4-10,17H,3,16H2,1-2H3. The lowest BCUT2D eigenvalue weighted by atomic mass is 10.1. The van der Waals surface area contributed by atoms with E-state index in [-0.39, 0.29) is 0 Å². The minimum atomic E-state index is 0.788. The molecule has 17 heavy (non-hydrogen) atoms. The Labute approximate surface area is 102 Å². The van der Waals surface area contributed by atoms with Crippen LogP contribution in [0.1, 0.15) is 18.1 Å². The van der Waals surface area contributed by atoms with Crippen molar-refractivity contribution >= 4 is 17.1 Å². The zero-order chi connectivity index (χ0) is 12.3. The van der Waals surface area contributed by atoms with E-state index in [9.17, 15) is 0 Å². The van der Waals surface area contributed by atoms with Crippen molar-refractivity contribution in [3.05, 3.63) is 53.6 Å². The molecule has 2 aromatic carbocycles. The largest absolute Gasteiger partial charge is 0.397 e. The summed E-state index contributed by atoms with van der Waals surface area (Å²) in [6.45, 7) is 4.22. The second kappa shape index (κ2) is 4.91. The predicted octanol–water partition coefficient (Wildman–Crippen LogP) is 3.88. The highest BCUT2D eigenvalue weighted by atomic mass is 14.9. The monoisotopic (exact) mass is 226 g/mol. The summed E-state index contributed by atoms with van der Waals surface area (Å²) in [6, 6.07) is 14.3. The Morgan fingerprint density at radius 1 is 1.06 bits per heavy atom. The molecule has 0 unspecified atom stereocenters. The number of aryl methyl sites for hydroxylation is 2. The van der Waals surface area contributed by atoms with Gasteiger partial charge in [0.2, 0.25) is 0 Å². The first-order valence-corrected chi connectivity index (χ1v) is 5.92. The van der Waals surface area contributed by atoms with Crippen LogP contribution in [0, 0.1) is 6.92 Å². The lowest BCUT2D eigenvalue weighted by molar-refractivity contribution is 1.14. The number of hydrogen-bond acceptors (Lipinski definition) is 2. The number of hydrogen-bond donors (Lipinski definition) is 2. The third kappa shape index (κ3) is 2.41. The SMILES string of the molecule is CCc1ccccc1Nc1c(C)cccc1N. The second-order valence-electron chi connectivity index (χ2n) is 4.17. The smallest absolute Gasteiger partial charge is 0.0647 e. The second-order valence-corrected chi connectivity index (χ2v) is 4.17. The van der Waals surface area contributed by atoms with Crippen molar-refractivity contribution in [2.75, 3.05) is 11.1 Å². The van der Waals surface area contributed by atoms with Gasteiger partial charge in [-0.05, 0) is 36.6 Å². The molecule has 0 aromatic heterocycles. The van der Waals surface area contributed by atoms with Crippen LogP contribution in [-0.2, 0) is 6.42 Å². The minimum absolute atomic E-state index is 0.788. The van der Waals surface area contributed by atoms with Crippen LogP contribution in [0.25, 0.3) is 0 Å². The van der Waals surface area contributed by atoms with E-state index in [2.05, 4.69) is 43.4 Å². The minimum Gasteiger partial charge on any atom is -0.397 e. The molecule has 0 radical (unpaired) electrons. The Kier molecular flexibility index (Phi) is 3.33. The summed E-state index contributed by atoms with van der Waals surface area (Å²) >= 11 is 0. The van der Waals surface area contributed by atoms with Gasteiger partial charge in [0.15, 0.2) is 0 Å². The Morgan fingerprint density at radius 2 is 1.82 bits per heavy atom. The van der Waals surface area contributed by atoms with Gasteiger partial charge in [0.25, 0.3) is 0 Å². The average Bonchev–Trinajstić information content (AvgIpc) is 2.34. The van der Waals surface area contributed by atoms with Crippen LogP contribution >= 0.6 is 0 Å². The van der Waals surface area contributed by atoms with E-state index in [1.165, 1.54) is 5.56 Å². The van der Waals surface area contributed by atoms with Crippen LogP contribution < -0.4 is 11.1 Å². The molecule has 0 aliphatic heterocycles. The number of para-hydroxylation sites is 2. The third-order valence-corrected chi connectivity index (χ3v) is 2.96. The van der Waals surface area contributed by atoms with Crippen molar-refractivity contribution in [2.45, 2.75) is 20.3 Å². The van der Waals surface area contributed by atoms with Crippen LogP contribution in [0.2, 0.25) is 0 Å². The highest BCUT2D eigenvalue weighted by Gasteiger charge is 2.05. The normalized spacial score (nSPS) is 10.2. The van der Waals surface area contributed by atoms with Crippen molar-refractivity contribution in [1.82, 2.24) is 0 Å². The van der Waals surface area contributed by atoms with E-state index in [0.29, 0.717) is 0 Å². The summed E-state index contributed by atoms with van der Waals surface area (Å²) in [5.74, 6) is 0. The zero-order valence-electron chi connectivity index (χ0n) is 10.3. The molecule has 0 bridgehead atoms. The molecule has 0 aliphatic carbocycles. The van der Waals surface area contributed by atoms with Gasteiger partial charge in [0, 0.05) is 5.69 Å². The van der Waals surface area contributed by atoms with Gasteiger partial charge in [-0.25, -0.2) is 0 Å². The number of anilines is 3. The first-order chi connectivity index (χ1) is 8.22. The maximum Gasteiger partial charge on any atom is 0.0647 e. The maximum absolute atomic E-state index is 6.00. The first-order valence-electron chi connectivity index (χ1n) is 5.92. The van der Waals surface area contributed by atoms with Gasteiger partial charge in [-0.2, -0.15) is 0 Å². The third-order valence-electron chi connectivity index (χ3n) is 2.96. The fourth-order valence-corrected chi connectivity index (χ4v) is 1.95. The Hall–Kier alpha value is -1.96. The zero-order valence-corrected chi connectivity index (χ0v) is 10.3. The molecule has 0 saturated carbocycles. The van der Waals surface area contributed by atoms with Crippen LogP contribution in [0.5, 0.6) is 0 Å². The lowest BCUT2D eigenvalue weighted by Gasteiger charge is -2.14. The van der Waals surface area contributed by atoms with E-state index < -0.39 is 0 Å². The predicted molar refractivity (Wildman–Crippen MR) is 74.7 cm³/mol. The van der Waals surface area contributed by atoms with Gasteiger partial charge in [0.05, 0.1) is 11.4 Å². The molecule has 2 heteroatoms. The summed E-state index contributed by atoms with van der Waals surface area (Å²) in [5.41, 5.74) is 11.4. The molecule has 0 heterocycles. The van der Waals surface area contributed by atoms with E-state index in [0.717, 1.165) is 29.0 Å². The van der Waals surface area contributed by atoms with Crippen LogP contribution in [0.4, 0.5) is 17.1 Å². The van der Waals surface area contributed by atoms with Crippen molar-refractivity contribution in [3.8, 4) is 0 Å². The number of nitrogens with two attached hydrogens (primary N) is 1. The van der Waals surface area contributed by atoms with Crippen molar-refractivity contribution in [1.29, 1.82) is 0 Å². The van der Waals surface area contributed by atoms with Crippen LogP contribution in [-0.4, -0.2) is 0 Å². The number of nitrogens with one attached hydrogen (secondary N) is 1. The first kappa shape index (κ1) is 11.5. The fraction of sp³-hybridized carbons (Fsp3) is 0.200. The highest BCUT2D eigenvalue weighted by Crippen LogP contribution is 2.28. The van der Waals surface area contributed by atoms with E-state index in [1.807, 2.05) is 18.2 Å². The van der Waals surface area contributed by atoms with Gasteiger partial charge < -0.3 is 11.1 Å². The van der Waals surface area contributed by atoms with Crippen molar-refractivity contribution < 1.29 is 0 Å². The van der Waals surface area contributed by atoms with Crippen LogP contribution in [0.3, 0.4) is 0 Å². The summed E-state index contributed by atoms with van der Waals surface area (Å²) in [4.78, 5) is 0. The topological polar surface area (TPSA) is 38.0 Å². The molecule has 0 fully saturated rings. The molecule has 0 saturated heterocycles. The molecule has 88 valence electrons. The van der Waals surface area contributed by atoms with Gasteiger partial charge in [-0.3, -0.25) is 0 Å². The van der Waals surface area contributed by atoms with E-state index >= 15 is 0 Å². The van der Waals surface area contributed by atoms with Gasteiger partial charge >= 0.3 is 0 Å². The average molecular weight is 226 g/mol. The van der Waals surface area contributed by atoms with Crippen LogP contribution in [0.15, 0.2) is 42.5 Å². The molecule has 2 aromatic rings. The number of benzene rings is 2. The summed E-state index contributed by atoms with van der Waals surface area (Å²) in [7, 11) is 0. The molecule has 2 nitrogen and oxygen atoms in total.